The van der Waals surface area contributed by atoms with Crippen LogP contribution in [0.3, 0.4) is 0 Å². The summed E-state index contributed by atoms with van der Waals surface area (Å²) in [6.07, 6.45) is 16.9. The molecule has 1 atom stereocenters. The highest BCUT2D eigenvalue weighted by Gasteiger charge is 2.24. The Bertz CT molecular complexity index is 932. The van der Waals surface area contributed by atoms with Gasteiger partial charge < -0.3 is 0 Å². The predicted molar refractivity (Wildman–Crippen MR) is 125 cm³/mol. The van der Waals surface area contributed by atoms with E-state index >= 15 is 0 Å². The van der Waals surface area contributed by atoms with Crippen LogP contribution in [0.25, 0.3) is 16.3 Å². The average Bonchev–Trinajstić information content (AvgIpc) is 2.99. The van der Waals surface area contributed by atoms with Crippen molar-refractivity contribution in [2.75, 3.05) is 12.5 Å². The molecule has 2 aliphatic rings. The fourth-order valence-electron chi connectivity index (χ4n) is 4.19. The summed E-state index contributed by atoms with van der Waals surface area (Å²) in [6, 6.07) is 6.99. The first-order valence-electron chi connectivity index (χ1n) is 9.70. The highest BCUT2D eigenvalue weighted by molar-refractivity contribution is 7.97. The zero-order valence-electron chi connectivity index (χ0n) is 16.5. The maximum atomic E-state index is 2.51. The Labute approximate surface area is 175 Å². The van der Waals surface area contributed by atoms with Crippen molar-refractivity contribution in [1.82, 2.24) is 0 Å². The molecule has 27 heavy (non-hydrogen) atoms. The second-order valence-corrected chi connectivity index (χ2v) is 10.4. The first-order chi connectivity index (χ1) is 13.2. The van der Waals surface area contributed by atoms with Crippen LogP contribution < -0.4 is 4.57 Å². The Morgan fingerprint density at radius 1 is 1.15 bits per heavy atom. The van der Waals surface area contributed by atoms with Crippen molar-refractivity contribution in [3.63, 3.8) is 0 Å². The summed E-state index contributed by atoms with van der Waals surface area (Å²) in [6.45, 7) is 2.28. The third-order valence-electron chi connectivity index (χ3n) is 5.58. The normalized spacial score (nSPS) is 21.3. The molecule has 4 heteroatoms. The second-order valence-electron chi connectivity index (χ2n) is 7.65. The van der Waals surface area contributed by atoms with Crippen molar-refractivity contribution in [2.24, 2.45) is 5.92 Å². The monoisotopic (exact) mass is 414 g/mol. The first kappa shape index (κ1) is 19.4. The summed E-state index contributed by atoms with van der Waals surface area (Å²) >= 11 is 5.73. The van der Waals surface area contributed by atoms with Gasteiger partial charge in [-0.3, -0.25) is 0 Å². The fraction of sp³-hybridized carbons (Fsp3) is 0.435. The molecular formula is C23H28NS3+. The van der Waals surface area contributed by atoms with Crippen molar-refractivity contribution >= 4 is 51.2 Å². The standard InChI is InChI=1S/C23H28NS3/c1-16-4-7-19-8-5-17(11-20(19)10-16)13-23-24(15-26-3)21-12-18(14-25-2)6-9-22(21)27-23/h6,9-13,19H,4-5,7-8,14-15H2,1-3H3/q+1. The number of aromatic nitrogens is 1. The summed E-state index contributed by atoms with van der Waals surface area (Å²) < 4.78 is 3.91. The topological polar surface area (TPSA) is 3.88 Å². The fourth-order valence-corrected chi connectivity index (χ4v) is 6.44. The van der Waals surface area contributed by atoms with E-state index in [2.05, 4.69) is 60.4 Å². The molecule has 1 aromatic heterocycles. The lowest BCUT2D eigenvalue weighted by Crippen LogP contribution is -2.33. The summed E-state index contributed by atoms with van der Waals surface area (Å²) in [7, 11) is 0. The smallest absolute Gasteiger partial charge is 0.172 e. The maximum absolute atomic E-state index is 2.51. The average molecular weight is 415 g/mol. The number of benzene rings is 1. The van der Waals surface area contributed by atoms with Crippen LogP contribution >= 0.6 is 34.9 Å². The number of fused-ring (bicyclic) bond motifs is 2. The zero-order valence-corrected chi connectivity index (χ0v) is 18.9. The SMILES string of the molecule is CSCc1ccc2sc(C=C3C=C4C=C(C)CCC4CC3)[n+](CSC)c2c1. The van der Waals surface area contributed by atoms with Crippen LogP contribution in [0.1, 0.15) is 43.2 Å². The molecule has 0 aliphatic heterocycles. The highest BCUT2D eigenvalue weighted by Crippen LogP contribution is 2.38. The summed E-state index contributed by atoms with van der Waals surface area (Å²) in [5.41, 5.74) is 7.42. The molecule has 2 aromatic rings. The van der Waals surface area contributed by atoms with E-state index in [1.807, 2.05) is 34.9 Å². The van der Waals surface area contributed by atoms with Crippen LogP contribution in [0.4, 0.5) is 0 Å². The lowest BCUT2D eigenvalue weighted by atomic mass is 9.78. The van der Waals surface area contributed by atoms with E-state index in [9.17, 15) is 0 Å². The molecule has 4 rings (SSSR count). The van der Waals surface area contributed by atoms with Gasteiger partial charge in [-0.15, -0.1) is 0 Å². The van der Waals surface area contributed by atoms with Crippen LogP contribution in [0, 0.1) is 5.92 Å². The van der Waals surface area contributed by atoms with Gasteiger partial charge in [0, 0.05) is 17.9 Å². The maximum Gasteiger partial charge on any atom is 0.263 e. The summed E-state index contributed by atoms with van der Waals surface area (Å²) in [5, 5.41) is 1.39. The van der Waals surface area contributed by atoms with Crippen molar-refractivity contribution in [3.05, 3.63) is 57.6 Å². The number of nitrogens with zero attached hydrogens (tertiary/aromatic N) is 1. The van der Waals surface area contributed by atoms with Gasteiger partial charge in [0.15, 0.2) is 5.88 Å². The molecule has 142 valence electrons. The molecule has 0 fully saturated rings. The lowest BCUT2D eigenvalue weighted by molar-refractivity contribution is -0.646. The molecule has 0 amide bonds. The van der Waals surface area contributed by atoms with Gasteiger partial charge in [-0.05, 0) is 73.8 Å². The number of allylic oxidation sites excluding steroid dienone is 5. The third kappa shape index (κ3) is 4.23. The minimum Gasteiger partial charge on any atom is -0.172 e. The summed E-state index contributed by atoms with van der Waals surface area (Å²) in [5.74, 6) is 2.89. The minimum atomic E-state index is 0.792. The van der Waals surface area contributed by atoms with E-state index in [0.29, 0.717) is 0 Å². The predicted octanol–water partition coefficient (Wildman–Crippen LogP) is 6.83. The van der Waals surface area contributed by atoms with Gasteiger partial charge in [-0.1, -0.05) is 46.9 Å². The van der Waals surface area contributed by atoms with Gasteiger partial charge in [-0.25, -0.2) is 0 Å². The van der Waals surface area contributed by atoms with Crippen molar-refractivity contribution in [1.29, 1.82) is 0 Å². The van der Waals surface area contributed by atoms with Gasteiger partial charge in [0.2, 0.25) is 5.52 Å². The Kier molecular flexibility index (Phi) is 6.15. The number of hydrogen-bond donors (Lipinski definition) is 0. The van der Waals surface area contributed by atoms with Crippen LogP contribution in [0.15, 0.2) is 47.1 Å². The van der Waals surface area contributed by atoms with Crippen molar-refractivity contribution < 1.29 is 4.57 Å². The van der Waals surface area contributed by atoms with E-state index in [1.165, 1.54) is 52.0 Å². The van der Waals surface area contributed by atoms with Gasteiger partial charge in [0.1, 0.15) is 4.70 Å². The summed E-state index contributed by atoms with van der Waals surface area (Å²) in [4.78, 5) is 0. The molecule has 0 spiro atoms. The molecule has 0 N–H and O–H groups in total. The number of hydrogen-bond acceptors (Lipinski definition) is 3. The quantitative estimate of drug-likeness (QED) is 0.493. The van der Waals surface area contributed by atoms with Crippen LogP contribution in [-0.4, -0.2) is 12.5 Å². The van der Waals surface area contributed by atoms with Gasteiger partial charge in [0.25, 0.3) is 5.01 Å². The molecule has 0 saturated heterocycles. The number of thiazole rings is 1. The van der Waals surface area contributed by atoms with E-state index < -0.39 is 0 Å². The van der Waals surface area contributed by atoms with E-state index in [0.717, 1.165) is 17.5 Å². The van der Waals surface area contributed by atoms with Gasteiger partial charge in [0.05, 0.1) is 0 Å². The molecule has 1 heterocycles. The van der Waals surface area contributed by atoms with Crippen LogP contribution in [0.5, 0.6) is 0 Å². The molecule has 2 aliphatic carbocycles. The largest absolute Gasteiger partial charge is 0.263 e. The highest BCUT2D eigenvalue weighted by atomic mass is 32.2. The zero-order chi connectivity index (χ0) is 18.8. The Morgan fingerprint density at radius 2 is 2.00 bits per heavy atom. The molecule has 0 radical (unpaired) electrons. The lowest BCUT2D eigenvalue weighted by Gasteiger charge is -2.27. The minimum absolute atomic E-state index is 0.792. The van der Waals surface area contributed by atoms with Crippen molar-refractivity contribution in [2.45, 2.75) is 44.2 Å². The molecule has 1 aromatic carbocycles. The van der Waals surface area contributed by atoms with E-state index in [1.54, 1.807) is 11.1 Å². The molecular weight excluding hydrogens is 386 g/mol. The molecule has 0 bridgehead atoms. The number of thioether (sulfide) groups is 2. The Morgan fingerprint density at radius 3 is 2.81 bits per heavy atom. The van der Waals surface area contributed by atoms with Crippen molar-refractivity contribution in [3.8, 4) is 0 Å². The molecule has 0 saturated carbocycles. The Balaban J connectivity index is 1.74. The van der Waals surface area contributed by atoms with Crippen LogP contribution in [-0.2, 0) is 11.6 Å². The third-order valence-corrected chi connectivity index (χ3v) is 7.83. The molecule has 1 nitrogen and oxygen atoms in total. The first-order valence-corrected chi connectivity index (χ1v) is 13.3. The van der Waals surface area contributed by atoms with Crippen LogP contribution in [0.2, 0.25) is 0 Å². The van der Waals surface area contributed by atoms with E-state index in [4.69, 9.17) is 0 Å². The van der Waals surface area contributed by atoms with Gasteiger partial charge in [-0.2, -0.15) is 16.3 Å². The second kappa shape index (κ2) is 8.59. The molecule has 1 unspecified atom stereocenters. The van der Waals surface area contributed by atoms with E-state index in [-0.39, 0.29) is 0 Å². The Hall–Kier alpha value is -0.970. The number of rotatable bonds is 5. The van der Waals surface area contributed by atoms with Gasteiger partial charge >= 0.3 is 0 Å².